The quantitative estimate of drug-likeness (QED) is 0.687. The first-order chi connectivity index (χ1) is 7.90. The third-order valence-corrected chi connectivity index (χ3v) is 3.15. The van der Waals surface area contributed by atoms with E-state index in [1.807, 2.05) is 6.07 Å². The van der Waals surface area contributed by atoms with E-state index in [1.165, 1.54) is 32.2 Å². The maximum absolute atomic E-state index is 5.50. The van der Waals surface area contributed by atoms with Crippen molar-refractivity contribution in [1.29, 1.82) is 0 Å². The van der Waals surface area contributed by atoms with Crippen LogP contribution in [-0.4, -0.2) is 24.0 Å². The second kappa shape index (κ2) is 6.06. The highest BCUT2D eigenvalue weighted by molar-refractivity contribution is 4.99. The average molecular weight is 222 g/mol. The largest absolute Gasteiger partial charge is 0.468 e. The van der Waals surface area contributed by atoms with Crippen LogP contribution in [0.3, 0.4) is 0 Å². The van der Waals surface area contributed by atoms with E-state index in [1.54, 1.807) is 6.26 Å². The molecule has 0 bridgehead atoms. The standard InChI is InChI=1S/C13H22N2O/c14-8-2-1-3-9-15(12-6-7-12)11-13-5-4-10-16-13/h4-5,10,12H,1-3,6-9,11,14H2. The van der Waals surface area contributed by atoms with Crippen molar-refractivity contribution in [3.8, 4) is 0 Å². The van der Waals surface area contributed by atoms with Gasteiger partial charge in [0.2, 0.25) is 0 Å². The molecule has 1 aromatic heterocycles. The summed E-state index contributed by atoms with van der Waals surface area (Å²) in [5.41, 5.74) is 5.50. The lowest BCUT2D eigenvalue weighted by Crippen LogP contribution is -2.26. The Morgan fingerprint density at radius 1 is 1.31 bits per heavy atom. The summed E-state index contributed by atoms with van der Waals surface area (Å²) in [7, 11) is 0. The summed E-state index contributed by atoms with van der Waals surface area (Å²) in [6.07, 6.45) is 8.13. The maximum Gasteiger partial charge on any atom is 0.117 e. The minimum atomic E-state index is 0.808. The monoisotopic (exact) mass is 222 g/mol. The molecule has 0 unspecified atom stereocenters. The molecule has 1 aromatic rings. The average Bonchev–Trinajstić information content (AvgIpc) is 3.02. The summed E-state index contributed by atoms with van der Waals surface area (Å²) in [5.74, 6) is 1.09. The third kappa shape index (κ3) is 3.65. The fourth-order valence-electron chi connectivity index (χ4n) is 2.07. The van der Waals surface area contributed by atoms with E-state index in [4.69, 9.17) is 10.2 Å². The summed E-state index contributed by atoms with van der Waals surface area (Å²) in [6.45, 7) is 2.98. The molecule has 2 N–H and O–H groups in total. The van der Waals surface area contributed by atoms with E-state index in [0.29, 0.717) is 0 Å². The fourth-order valence-corrected chi connectivity index (χ4v) is 2.07. The predicted octanol–water partition coefficient (Wildman–Crippen LogP) is 2.37. The summed E-state index contributed by atoms with van der Waals surface area (Å²) in [6, 6.07) is 4.84. The molecular weight excluding hydrogens is 200 g/mol. The van der Waals surface area contributed by atoms with Crippen molar-refractivity contribution in [2.45, 2.75) is 44.7 Å². The Balaban J connectivity index is 1.72. The lowest BCUT2D eigenvalue weighted by molar-refractivity contribution is 0.229. The molecule has 0 aromatic carbocycles. The molecule has 1 heterocycles. The van der Waals surface area contributed by atoms with Crippen molar-refractivity contribution >= 4 is 0 Å². The summed E-state index contributed by atoms with van der Waals surface area (Å²) in [4.78, 5) is 2.55. The second-order valence-electron chi connectivity index (χ2n) is 4.63. The SMILES string of the molecule is NCCCCCN(Cc1ccco1)C1CC1. The van der Waals surface area contributed by atoms with Gasteiger partial charge in [0.15, 0.2) is 0 Å². The van der Waals surface area contributed by atoms with E-state index in [9.17, 15) is 0 Å². The van der Waals surface area contributed by atoms with Crippen LogP contribution in [0.5, 0.6) is 0 Å². The van der Waals surface area contributed by atoms with Gasteiger partial charge in [0.05, 0.1) is 12.8 Å². The number of furan rings is 1. The van der Waals surface area contributed by atoms with E-state index < -0.39 is 0 Å². The van der Waals surface area contributed by atoms with Crippen LogP contribution in [0.15, 0.2) is 22.8 Å². The topological polar surface area (TPSA) is 42.4 Å². The van der Waals surface area contributed by atoms with Gasteiger partial charge in [-0.05, 0) is 50.9 Å². The van der Waals surface area contributed by atoms with Gasteiger partial charge in [0.1, 0.15) is 5.76 Å². The summed E-state index contributed by atoms with van der Waals surface area (Å²) >= 11 is 0. The molecule has 0 atom stereocenters. The number of nitrogens with zero attached hydrogens (tertiary/aromatic N) is 1. The molecule has 16 heavy (non-hydrogen) atoms. The van der Waals surface area contributed by atoms with Gasteiger partial charge < -0.3 is 10.2 Å². The Bertz CT molecular complexity index is 280. The molecule has 3 nitrogen and oxygen atoms in total. The van der Waals surface area contributed by atoms with Gasteiger partial charge in [0, 0.05) is 6.04 Å². The minimum Gasteiger partial charge on any atom is -0.468 e. The van der Waals surface area contributed by atoms with Crippen molar-refractivity contribution in [2.24, 2.45) is 5.73 Å². The first-order valence-corrected chi connectivity index (χ1v) is 6.36. The molecule has 0 amide bonds. The smallest absolute Gasteiger partial charge is 0.117 e. The van der Waals surface area contributed by atoms with Crippen LogP contribution in [0.2, 0.25) is 0 Å². The summed E-state index contributed by atoms with van der Waals surface area (Å²) in [5, 5.41) is 0. The normalized spacial score (nSPS) is 15.9. The first kappa shape index (κ1) is 11.7. The molecule has 0 aliphatic heterocycles. The third-order valence-electron chi connectivity index (χ3n) is 3.15. The van der Waals surface area contributed by atoms with Crippen molar-refractivity contribution in [3.05, 3.63) is 24.2 Å². The molecule has 90 valence electrons. The molecule has 0 radical (unpaired) electrons. The molecule has 0 saturated heterocycles. The highest BCUT2D eigenvalue weighted by Crippen LogP contribution is 2.28. The Morgan fingerprint density at radius 3 is 2.81 bits per heavy atom. The van der Waals surface area contributed by atoms with E-state index in [2.05, 4.69) is 11.0 Å². The first-order valence-electron chi connectivity index (χ1n) is 6.36. The van der Waals surface area contributed by atoms with Crippen LogP contribution in [0, 0.1) is 0 Å². The number of hydrogen-bond donors (Lipinski definition) is 1. The fraction of sp³-hybridized carbons (Fsp3) is 0.692. The van der Waals surface area contributed by atoms with Gasteiger partial charge in [-0.2, -0.15) is 0 Å². The minimum absolute atomic E-state index is 0.808. The zero-order valence-electron chi connectivity index (χ0n) is 9.90. The van der Waals surface area contributed by atoms with Crippen molar-refractivity contribution < 1.29 is 4.42 Å². The maximum atomic E-state index is 5.50. The zero-order chi connectivity index (χ0) is 11.2. The molecule has 1 aliphatic rings. The van der Waals surface area contributed by atoms with Crippen LogP contribution >= 0.6 is 0 Å². The van der Waals surface area contributed by atoms with E-state index >= 15 is 0 Å². The van der Waals surface area contributed by atoms with Gasteiger partial charge >= 0.3 is 0 Å². The van der Waals surface area contributed by atoms with Gasteiger partial charge in [-0.15, -0.1) is 0 Å². The van der Waals surface area contributed by atoms with Crippen LogP contribution in [0.4, 0.5) is 0 Å². The molecule has 1 saturated carbocycles. The predicted molar refractivity (Wildman–Crippen MR) is 65.0 cm³/mol. The second-order valence-corrected chi connectivity index (χ2v) is 4.63. The highest BCUT2D eigenvalue weighted by atomic mass is 16.3. The lowest BCUT2D eigenvalue weighted by atomic mass is 10.2. The molecule has 3 heteroatoms. The van der Waals surface area contributed by atoms with Gasteiger partial charge in [-0.3, -0.25) is 4.90 Å². The van der Waals surface area contributed by atoms with Crippen LogP contribution < -0.4 is 5.73 Å². The summed E-state index contributed by atoms with van der Waals surface area (Å²) < 4.78 is 5.41. The van der Waals surface area contributed by atoms with Gasteiger partial charge in [-0.25, -0.2) is 0 Å². The molecule has 0 spiro atoms. The van der Waals surface area contributed by atoms with E-state index in [-0.39, 0.29) is 0 Å². The Hall–Kier alpha value is -0.800. The highest BCUT2D eigenvalue weighted by Gasteiger charge is 2.28. The number of hydrogen-bond acceptors (Lipinski definition) is 3. The molecule has 1 aliphatic carbocycles. The van der Waals surface area contributed by atoms with Crippen LogP contribution in [0.1, 0.15) is 37.9 Å². The van der Waals surface area contributed by atoms with Crippen molar-refractivity contribution in [3.63, 3.8) is 0 Å². The van der Waals surface area contributed by atoms with E-state index in [0.717, 1.165) is 31.3 Å². The Labute approximate surface area is 97.6 Å². The number of unbranched alkanes of at least 4 members (excludes halogenated alkanes) is 2. The zero-order valence-corrected chi connectivity index (χ0v) is 9.90. The number of rotatable bonds is 8. The Kier molecular flexibility index (Phi) is 4.43. The van der Waals surface area contributed by atoms with Crippen LogP contribution in [0.25, 0.3) is 0 Å². The molecule has 1 fully saturated rings. The van der Waals surface area contributed by atoms with Crippen molar-refractivity contribution in [2.75, 3.05) is 13.1 Å². The van der Waals surface area contributed by atoms with Gasteiger partial charge in [0.25, 0.3) is 0 Å². The molecule has 2 rings (SSSR count). The van der Waals surface area contributed by atoms with Crippen molar-refractivity contribution in [1.82, 2.24) is 4.90 Å². The van der Waals surface area contributed by atoms with Crippen LogP contribution in [-0.2, 0) is 6.54 Å². The Morgan fingerprint density at radius 2 is 2.19 bits per heavy atom. The van der Waals surface area contributed by atoms with Gasteiger partial charge in [-0.1, -0.05) is 6.42 Å². The lowest BCUT2D eigenvalue weighted by Gasteiger charge is -2.20. The number of nitrogens with two attached hydrogens (primary N) is 1. The molecular formula is C13H22N2O.